The minimum absolute atomic E-state index is 0.114. The maximum atomic E-state index is 12.2. The summed E-state index contributed by atoms with van der Waals surface area (Å²) >= 11 is 0. The van der Waals surface area contributed by atoms with Gasteiger partial charge >= 0.3 is 0 Å². The molecule has 0 radical (unpaired) electrons. The molecule has 3 heterocycles. The fourth-order valence-electron chi connectivity index (χ4n) is 3.11. The second-order valence-electron chi connectivity index (χ2n) is 7.09. The van der Waals surface area contributed by atoms with E-state index < -0.39 is 0 Å². The third kappa shape index (κ3) is 4.07. The van der Waals surface area contributed by atoms with Gasteiger partial charge in [0.05, 0.1) is 6.04 Å². The van der Waals surface area contributed by atoms with E-state index in [1.165, 1.54) is 0 Å². The predicted octanol–water partition coefficient (Wildman–Crippen LogP) is 1.88. The first kappa shape index (κ1) is 17.6. The molecule has 0 spiro atoms. The Hall–Kier alpha value is -2.22. The van der Waals surface area contributed by atoms with E-state index in [0.717, 1.165) is 37.6 Å². The van der Waals surface area contributed by atoms with Crippen LogP contribution in [0, 0.1) is 12.8 Å². The van der Waals surface area contributed by atoms with Gasteiger partial charge in [-0.2, -0.15) is 0 Å². The number of hydrogen-bond donors (Lipinski definition) is 2. The molecule has 8 heteroatoms. The van der Waals surface area contributed by atoms with E-state index in [1.807, 2.05) is 6.92 Å². The van der Waals surface area contributed by atoms with Crippen molar-refractivity contribution in [3.8, 4) is 0 Å². The highest BCUT2D eigenvalue weighted by Crippen LogP contribution is 2.23. The van der Waals surface area contributed by atoms with Gasteiger partial charge in [-0.1, -0.05) is 19.0 Å². The van der Waals surface area contributed by atoms with Gasteiger partial charge < -0.3 is 19.7 Å². The number of hydrogen-bond acceptors (Lipinski definition) is 6. The summed E-state index contributed by atoms with van der Waals surface area (Å²) in [5.41, 5.74) is 0. The third-order valence-electron chi connectivity index (χ3n) is 4.57. The first-order valence-electron chi connectivity index (χ1n) is 8.83. The average molecular weight is 346 g/mol. The highest BCUT2D eigenvalue weighted by atomic mass is 16.5. The van der Waals surface area contributed by atoms with Crippen molar-refractivity contribution >= 4 is 11.7 Å². The maximum Gasteiger partial charge on any atom is 0.242 e. The molecule has 0 bridgehead atoms. The fraction of sp³-hybridized carbons (Fsp3) is 0.647. The Morgan fingerprint density at radius 2 is 2.20 bits per heavy atom. The standard InChI is InChI=1S/C17H26N6O2/c1-10(2)16-21-20-15-6-5-13(9-23(15)16)8-18-12(4)17(24)19-14-7-11(3)25-22-14/h7,10,12-13,18H,5-6,8-9H2,1-4H3,(H,19,22,24)/t12-,13-/m1/s1. The number of fused-ring (bicyclic) bond motifs is 1. The van der Waals surface area contributed by atoms with Crippen molar-refractivity contribution in [3.63, 3.8) is 0 Å². The second kappa shape index (κ2) is 7.35. The lowest BCUT2D eigenvalue weighted by Crippen LogP contribution is -2.42. The Bertz CT molecular complexity index is 735. The predicted molar refractivity (Wildman–Crippen MR) is 93.3 cm³/mol. The molecule has 2 atom stereocenters. The molecule has 8 nitrogen and oxygen atoms in total. The number of anilines is 1. The van der Waals surface area contributed by atoms with Crippen LogP contribution in [0.1, 0.15) is 50.5 Å². The van der Waals surface area contributed by atoms with Gasteiger partial charge in [0.25, 0.3) is 0 Å². The van der Waals surface area contributed by atoms with Gasteiger partial charge in [-0.3, -0.25) is 4.79 Å². The number of nitrogens with zero attached hydrogens (tertiary/aromatic N) is 4. The first-order chi connectivity index (χ1) is 11.9. The Morgan fingerprint density at radius 3 is 2.88 bits per heavy atom. The van der Waals surface area contributed by atoms with Crippen molar-refractivity contribution in [3.05, 3.63) is 23.5 Å². The van der Waals surface area contributed by atoms with E-state index in [1.54, 1.807) is 13.0 Å². The largest absolute Gasteiger partial charge is 0.360 e. The van der Waals surface area contributed by atoms with E-state index in [4.69, 9.17) is 4.52 Å². The maximum absolute atomic E-state index is 12.2. The second-order valence-corrected chi connectivity index (χ2v) is 7.09. The minimum atomic E-state index is -0.302. The summed E-state index contributed by atoms with van der Waals surface area (Å²) in [6.45, 7) is 9.60. The molecule has 1 aliphatic rings. The van der Waals surface area contributed by atoms with Crippen LogP contribution < -0.4 is 10.6 Å². The first-order valence-corrected chi connectivity index (χ1v) is 8.83. The molecule has 2 aromatic heterocycles. The topological polar surface area (TPSA) is 97.9 Å². The number of nitrogens with one attached hydrogen (secondary N) is 2. The molecule has 0 fully saturated rings. The van der Waals surface area contributed by atoms with Crippen LogP contribution in [0.4, 0.5) is 5.82 Å². The molecule has 1 aliphatic heterocycles. The zero-order chi connectivity index (χ0) is 18.0. The van der Waals surface area contributed by atoms with Gasteiger partial charge in [-0.05, 0) is 26.2 Å². The van der Waals surface area contributed by atoms with Gasteiger partial charge in [-0.25, -0.2) is 0 Å². The van der Waals surface area contributed by atoms with Crippen LogP contribution in [-0.2, 0) is 17.8 Å². The quantitative estimate of drug-likeness (QED) is 0.829. The molecule has 25 heavy (non-hydrogen) atoms. The van der Waals surface area contributed by atoms with Crippen molar-refractivity contribution in [2.75, 3.05) is 11.9 Å². The molecular formula is C17H26N6O2. The molecule has 2 aromatic rings. The normalized spacial score (nSPS) is 18.2. The van der Waals surface area contributed by atoms with Crippen molar-refractivity contribution in [1.82, 2.24) is 25.2 Å². The lowest BCUT2D eigenvalue weighted by molar-refractivity contribution is -0.117. The number of rotatable bonds is 6. The fourth-order valence-corrected chi connectivity index (χ4v) is 3.11. The van der Waals surface area contributed by atoms with Crippen LogP contribution in [0.15, 0.2) is 10.6 Å². The zero-order valence-corrected chi connectivity index (χ0v) is 15.2. The highest BCUT2D eigenvalue weighted by Gasteiger charge is 2.25. The smallest absolute Gasteiger partial charge is 0.242 e. The van der Waals surface area contributed by atoms with Gasteiger partial charge in [-0.15, -0.1) is 10.2 Å². The van der Waals surface area contributed by atoms with E-state index in [-0.39, 0.29) is 11.9 Å². The number of aryl methyl sites for hydroxylation is 2. The summed E-state index contributed by atoms with van der Waals surface area (Å²) in [4.78, 5) is 12.2. The van der Waals surface area contributed by atoms with Crippen LogP contribution in [0.3, 0.4) is 0 Å². The molecule has 0 aromatic carbocycles. The molecule has 0 unspecified atom stereocenters. The molecule has 136 valence electrons. The van der Waals surface area contributed by atoms with Crippen LogP contribution in [0.2, 0.25) is 0 Å². The Balaban J connectivity index is 1.51. The Morgan fingerprint density at radius 1 is 1.40 bits per heavy atom. The minimum Gasteiger partial charge on any atom is -0.360 e. The summed E-state index contributed by atoms with van der Waals surface area (Å²) in [6, 6.07) is 1.40. The van der Waals surface area contributed by atoms with Crippen molar-refractivity contribution in [2.24, 2.45) is 5.92 Å². The van der Waals surface area contributed by atoms with Crippen LogP contribution >= 0.6 is 0 Å². The van der Waals surface area contributed by atoms with Gasteiger partial charge in [0.1, 0.15) is 17.4 Å². The lowest BCUT2D eigenvalue weighted by Gasteiger charge is -2.26. The Labute approximate surface area is 147 Å². The van der Waals surface area contributed by atoms with Crippen molar-refractivity contribution in [2.45, 2.75) is 59.0 Å². The van der Waals surface area contributed by atoms with E-state index in [2.05, 4.69) is 44.4 Å². The van der Waals surface area contributed by atoms with Crippen molar-refractivity contribution in [1.29, 1.82) is 0 Å². The summed E-state index contributed by atoms with van der Waals surface area (Å²) in [6.07, 6.45) is 1.99. The average Bonchev–Trinajstić information content (AvgIpc) is 3.18. The summed E-state index contributed by atoms with van der Waals surface area (Å²) in [5.74, 6) is 3.96. The van der Waals surface area contributed by atoms with E-state index in [0.29, 0.717) is 23.4 Å². The highest BCUT2D eigenvalue weighted by molar-refractivity contribution is 5.93. The number of aromatic nitrogens is 4. The van der Waals surface area contributed by atoms with Gasteiger partial charge in [0.2, 0.25) is 5.91 Å². The summed E-state index contributed by atoms with van der Waals surface area (Å²) in [7, 11) is 0. The van der Waals surface area contributed by atoms with E-state index >= 15 is 0 Å². The number of carbonyl (C=O) groups is 1. The molecule has 1 amide bonds. The lowest BCUT2D eigenvalue weighted by atomic mass is 9.98. The van der Waals surface area contributed by atoms with Crippen LogP contribution in [0.5, 0.6) is 0 Å². The molecular weight excluding hydrogens is 320 g/mol. The van der Waals surface area contributed by atoms with Crippen molar-refractivity contribution < 1.29 is 9.32 Å². The molecule has 0 saturated carbocycles. The molecule has 3 rings (SSSR count). The van der Waals surface area contributed by atoms with Gasteiger partial charge in [0.15, 0.2) is 5.82 Å². The van der Waals surface area contributed by atoms with Crippen LogP contribution in [-0.4, -0.2) is 38.4 Å². The van der Waals surface area contributed by atoms with Gasteiger partial charge in [0, 0.05) is 31.5 Å². The Kier molecular flexibility index (Phi) is 5.17. The van der Waals surface area contributed by atoms with E-state index in [9.17, 15) is 4.79 Å². The zero-order valence-electron chi connectivity index (χ0n) is 15.2. The number of carbonyl (C=O) groups excluding carboxylic acids is 1. The molecule has 0 aliphatic carbocycles. The SMILES string of the molecule is Cc1cc(NC(=O)[C@@H](C)NC[C@H]2CCc3nnc(C(C)C)n3C2)no1. The summed E-state index contributed by atoms with van der Waals surface area (Å²) in [5, 5.41) is 18.5. The number of amides is 1. The monoisotopic (exact) mass is 346 g/mol. The molecule has 2 N–H and O–H groups in total. The summed E-state index contributed by atoms with van der Waals surface area (Å²) < 4.78 is 7.20. The molecule has 0 saturated heterocycles. The van der Waals surface area contributed by atoms with Crippen LogP contribution in [0.25, 0.3) is 0 Å². The third-order valence-corrected chi connectivity index (χ3v) is 4.57.